The number of halogens is 1. The lowest BCUT2D eigenvalue weighted by Crippen LogP contribution is -2.51. The molecule has 0 saturated carbocycles. The third-order valence-electron chi connectivity index (χ3n) is 3.75. The molecule has 1 aliphatic rings. The fourth-order valence-corrected chi connectivity index (χ4v) is 3.63. The number of piperidine rings is 1. The lowest BCUT2D eigenvalue weighted by Gasteiger charge is -2.30. The van der Waals surface area contributed by atoms with E-state index in [9.17, 15) is 9.59 Å². The summed E-state index contributed by atoms with van der Waals surface area (Å²) in [5.41, 5.74) is 0. The van der Waals surface area contributed by atoms with Crippen LogP contribution in [0.4, 0.5) is 4.79 Å². The van der Waals surface area contributed by atoms with Crippen molar-refractivity contribution in [1.82, 2.24) is 15.1 Å². The van der Waals surface area contributed by atoms with Crippen LogP contribution in [0.2, 0.25) is 4.34 Å². The molecule has 1 unspecified atom stereocenters. The highest BCUT2D eigenvalue weighted by atomic mass is 35.5. The Hall–Kier alpha value is -1.27. The molecule has 1 atom stereocenters. The number of urea groups is 1. The molecule has 0 radical (unpaired) electrons. The standard InChI is InChI=1S/C15H22ClN3O2S/c1-11(14(20)19-8-4-3-5-9-19)17-15(21)18(2)10-12-6-7-13(16)22-12/h6-7,11H,3-5,8-10H2,1-2H3,(H,17,21). The first-order chi connectivity index (χ1) is 10.5. The van der Waals surface area contributed by atoms with Crippen LogP contribution in [0, 0.1) is 0 Å². The predicted octanol–water partition coefficient (Wildman–Crippen LogP) is 2.94. The molecular formula is C15H22ClN3O2S. The Labute approximate surface area is 140 Å². The topological polar surface area (TPSA) is 52.7 Å². The molecule has 0 spiro atoms. The van der Waals surface area contributed by atoms with E-state index >= 15 is 0 Å². The Morgan fingerprint density at radius 1 is 1.36 bits per heavy atom. The van der Waals surface area contributed by atoms with Crippen molar-refractivity contribution in [3.63, 3.8) is 0 Å². The van der Waals surface area contributed by atoms with Gasteiger partial charge in [0.2, 0.25) is 5.91 Å². The van der Waals surface area contributed by atoms with Crippen LogP contribution in [0.1, 0.15) is 31.1 Å². The maximum Gasteiger partial charge on any atom is 0.318 e. The SMILES string of the molecule is CC(NC(=O)N(C)Cc1ccc(Cl)s1)C(=O)N1CCCCC1. The van der Waals surface area contributed by atoms with Crippen molar-refractivity contribution >= 4 is 34.9 Å². The summed E-state index contributed by atoms with van der Waals surface area (Å²) in [6, 6.07) is 2.97. The zero-order chi connectivity index (χ0) is 16.1. The van der Waals surface area contributed by atoms with Gasteiger partial charge in [-0.15, -0.1) is 11.3 Å². The molecule has 2 rings (SSSR count). The molecule has 1 aliphatic heterocycles. The molecular weight excluding hydrogens is 322 g/mol. The van der Waals surface area contributed by atoms with Gasteiger partial charge in [0.1, 0.15) is 6.04 Å². The number of carbonyl (C=O) groups excluding carboxylic acids is 2. The van der Waals surface area contributed by atoms with E-state index in [1.807, 2.05) is 17.0 Å². The van der Waals surface area contributed by atoms with E-state index in [1.54, 1.807) is 18.9 Å². The van der Waals surface area contributed by atoms with Gasteiger partial charge in [-0.25, -0.2) is 4.79 Å². The van der Waals surface area contributed by atoms with Crippen molar-refractivity contribution in [3.05, 3.63) is 21.3 Å². The number of hydrogen-bond acceptors (Lipinski definition) is 3. The minimum absolute atomic E-state index is 0.000572. The number of thiophene rings is 1. The minimum Gasteiger partial charge on any atom is -0.341 e. The van der Waals surface area contributed by atoms with Crippen LogP contribution in [0.25, 0.3) is 0 Å². The van der Waals surface area contributed by atoms with Gasteiger partial charge in [-0.1, -0.05) is 11.6 Å². The van der Waals surface area contributed by atoms with Gasteiger partial charge in [0, 0.05) is 25.0 Å². The van der Waals surface area contributed by atoms with Gasteiger partial charge in [-0.2, -0.15) is 0 Å². The van der Waals surface area contributed by atoms with E-state index in [0.717, 1.165) is 30.8 Å². The second kappa shape index (κ2) is 7.83. The third kappa shape index (κ3) is 4.61. The van der Waals surface area contributed by atoms with E-state index < -0.39 is 6.04 Å². The molecule has 1 N–H and O–H groups in total. The van der Waals surface area contributed by atoms with Crippen molar-refractivity contribution in [3.8, 4) is 0 Å². The minimum atomic E-state index is -0.500. The molecule has 1 aromatic rings. The number of amides is 3. The summed E-state index contributed by atoms with van der Waals surface area (Å²) in [6.45, 7) is 3.81. The van der Waals surface area contributed by atoms with Crippen molar-refractivity contribution in [2.45, 2.75) is 38.8 Å². The highest BCUT2D eigenvalue weighted by Crippen LogP contribution is 2.22. The maximum atomic E-state index is 12.3. The smallest absolute Gasteiger partial charge is 0.318 e. The van der Waals surface area contributed by atoms with Gasteiger partial charge in [-0.05, 0) is 38.3 Å². The molecule has 5 nitrogen and oxygen atoms in total. The maximum absolute atomic E-state index is 12.3. The molecule has 1 fully saturated rings. The number of likely N-dealkylation sites (tertiary alicyclic amines) is 1. The summed E-state index contributed by atoms with van der Waals surface area (Å²) >= 11 is 7.33. The Balaban J connectivity index is 1.83. The number of carbonyl (C=O) groups is 2. The molecule has 0 bridgehead atoms. The van der Waals surface area contributed by atoms with Crippen LogP contribution < -0.4 is 5.32 Å². The molecule has 1 saturated heterocycles. The van der Waals surface area contributed by atoms with Crippen LogP contribution in [-0.4, -0.2) is 47.9 Å². The second-order valence-electron chi connectivity index (χ2n) is 5.62. The van der Waals surface area contributed by atoms with Crippen LogP contribution in [0.5, 0.6) is 0 Å². The van der Waals surface area contributed by atoms with Crippen molar-refractivity contribution in [1.29, 1.82) is 0 Å². The molecule has 7 heteroatoms. The zero-order valence-electron chi connectivity index (χ0n) is 13.0. The lowest BCUT2D eigenvalue weighted by atomic mass is 10.1. The van der Waals surface area contributed by atoms with Gasteiger partial charge in [0.25, 0.3) is 0 Å². The van der Waals surface area contributed by atoms with Gasteiger partial charge < -0.3 is 15.1 Å². The van der Waals surface area contributed by atoms with Crippen molar-refractivity contribution < 1.29 is 9.59 Å². The van der Waals surface area contributed by atoms with E-state index in [4.69, 9.17) is 11.6 Å². The average molecular weight is 344 g/mol. The van der Waals surface area contributed by atoms with Gasteiger partial charge in [-0.3, -0.25) is 4.79 Å². The fourth-order valence-electron chi connectivity index (χ4n) is 2.49. The predicted molar refractivity (Wildman–Crippen MR) is 89.2 cm³/mol. The first-order valence-electron chi connectivity index (χ1n) is 7.52. The Kier molecular flexibility index (Phi) is 6.08. The molecule has 3 amide bonds. The van der Waals surface area contributed by atoms with Crippen LogP contribution in [-0.2, 0) is 11.3 Å². The van der Waals surface area contributed by atoms with Gasteiger partial charge in [0.05, 0.1) is 10.9 Å². The number of hydrogen-bond donors (Lipinski definition) is 1. The molecule has 1 aromatic heterocycles. The summed E-state index contributed by atoms with van der Waals surface area (Å²) in [6.07, 6.45) is 3.27. The second-order valence-corrected chi connectivity index (χ2v) is 7.42. The molecule has 2 heterocycles. The average Bonchev–Trinajstić information content (AvgIpc) is 2.92. The summed E-state index contributed by atoms with van der Waals surface area (Å²) in [7, 11) is 1.71. The van der Waals surface area contributed by atoms with E-state index in [2.05, 4.69) is 5.32 Å². The van der Waals surface area contributed by atoms with Crippen molar-refractivity contribution in [2.75, 3.05) is 20.1 Å². The summed E-state index contributed by atoms with van der Waals surface area (Å²) in [5, 5.41) is 2.77. The summed E-state index contributed by atoms with van der Waals surface area (Å²) in [5.74, 6) is 0.000572. The fraction of sp³-hybridized carbons (Fsp3) is 0.600. The van der Waals surface area contributed by atoms with Gasteiger partial charge in [0.15, 0.2) is 0 Å². The Morgan fingerprint density at radius 3 is 2.64 bits per heavy atom. The zero-order valence-corrected chi connectivity index (χ0v) is 14.5. The Morgan fingerprint density at radius 2 is 2.05 bits per heavy atom. The van der Waals surface area contributed by atoms with E-state index in [1.165, 1.54) is 17.8 Å². The van der Waals surface area contributed by atoms with E-state index in [0.29, 0.717) is 10.9 Å². The first kappa shape index (κ1) is 17.1. The highest BCUT2D eigenvalue weighted by molar-refractivity contribution is 7.16. The quantitative estimate of drug-likeness (QED) is 0.913. The summed E-state index contributed by atoms with van der Waals surface area (Å²) in [4.78, 5) is 28.9. The monoisotopic (exact) mass is 343 g/mol. The Bertz CT molecular complexity index is 529. The lowest BCUT2D eigenvalue weighted by molar-refractivity contribution is -0.133. The molecule has 22 heavy (non-hydrogen) atoms. The van der Waals surface area contributed by atoms with E-state index in [-0.39, 0.29) is 11.9 Å². The summed E-state index contributed by atoms with van der Waals surface area (Å²) < 4.78 is 0.706. The normalized spacial score (nSPS) is 16.2. The third-order valence-corrected chi connectivity index (χ3v) is 4.96. The van der Waals surface area contributed by atoms with Gasteiger partial charge >= 0.3 is 6.03 Å². The number of nitrogens with zero attached hydrogens (tertiary/aromatic N) is 2. The van der Waals surface area contributed by atoms with Crippen molar-refractivity contribution in [2.24, 2.45) is 0 Å². The molecule has 0 aromatic carbocycles. The molecule has 0 aliphatic carbocycles. The largest absolute Gasteiger partial charge is 0.341 e. The van der Waals surface area contributed by atoms with Crippen LogP contribution in [0.15, 0.2) is 12.1 Å². The van der Waals surface area contributed by atoms with Crippen LogP contribution in [0.3, 0.4) is 0 Å². The highest BCUT2D eigenvalue weighted by Gasteiger charge is 2.24. The first-order valence-corrected chi connectivity index (χ1v) is 8.71. The number of nitrogens with one attached hydrogen (secondary N) is 1. The molecule has 122 valence electrons. The van der Waals surface area contributed by atoms with Crippen LogP contribution >= 0.6 is 22.9 Å². The number of rotatable bonds is 4.